The van der Waals surface area contributed by atoms with Crippen molar-refractivity contribution in [3.05, 3.63) is 78.4 Å². The predicted molar refractivity (Wildman–Crippen MR) is 107 cm³/mol. The van der Waals surface area contributed by atoms with Gasteiger partial charge in [0.05, 0.1) is 5.56 Å². The van der Waals surface area contributed by atoms with Crippen LogP contribution in [0.5, 0.6) is 0 Å². The number of nitrogens with zero attached hydrogens (tertiary/aromatic N) is 1. The van der Waals surface area contributed by atoms with Gasteiger partial charge in [-0.3, -0.25) is 9.78 Å². The van der Waals surface area contributed by atoms with Crippen LogP contribution >= 0.6 is 0 Å². The smallest absolute Gasteiger partial charge is 0.253 e. The van der Waals surface area contributed by atoms with Gasteiger partial charge in [0.2, 0.25) is 0 Å². The Kier molecular flexibility index (Phi) is 5.33. The summed E-state index contributed by atoms with van der Waals surface area (Å²) in [6, 6.07) is 14.6. The summed E-state index contributed by atoms with van der Waals surface area (Å²) in [5, 5.41) is 3.14. The van der Waals surface area contributed by atoms with Crippen LogP contribution in [0, 0.1) is 5.92 Å². The summed E-state index contributed by atoms with van der Waals surface area (Å²) in [6.07, 6.45) is 11.9. The Morgan fingerprint density at radius 1 is 1.04 bits per heavy atom. The van der Waals surface area contributed by atoms with Gasteiger partial charge in [-0.15, -0.1) is 0 Å². The number of carbonyl (C=O) groups excluding carboxylic acids is 1. The number of aromatic nitrogens is 2. The van der Waals surface area contributed by atoms with Gasteiger partial charge in [-0.1, -0.05) is 36.4 Å². The number of pyridine rings is 1. The molecule has 0 aliphatic heterocycles. The molecule has 0 radical (unpaired) electrons. The van der Waals surface area contributed by atoms with Gasteiger partial charge < -0.3 is 10.3 Å². The van der Waals surface area contributed by atoms with Crippen molar-refractivity contribution in [2.24, 2.45) is 5.92 Å². The minimum Gasteiger partial charge on any atom is -0.366 e. The van der Waals surface area contributed by atoms with Gasteiger partial charge in [0.15, 0.2) is 0 Å². The molecule has 0 bridgehead atoms. The Balaban J connectivity index is 1.32. The average Bonchev–Trinajstić information content (AvgIpc) is 3.24. The number of amides is 1. The van der Waals surface area contributed by atoms with Crippen LogP contribution in [0.25, 0.3) is 11.1 Å². The Morgan fingerprint density at radius 3 is 2.59 bits per heavy atom. The lowest BCUT2D eigenvalue weighted by Gasteiger charge is -2.29. The molecule has 1 aliphatic rings. The predicted octanol–water partition coefficient (Wildman–Crippen LogP) is 4.78. The number of hydrogen-bond donors (Lipinski definition) is 2. The Morgan fingerprint density at radius 2 is 1.85 bits per heavy atom. The molecule has 27 heavy (non-hydrogen) atoms. The molecular weight excluding hydrogens is 334 g/mol. The molecule has 1 fully saturated rings. The van der Waals surface area contributed by atoms with E-state index in [-0.39, 0.29) is 5.91 Å². The highest BCUT2D eigenvalue weighted by atomic mass is 16.1. The molecule has 0 unspecified atom stereocenters. The zero-order valence-electron chi connectivity index (χ0n) is 15.4. The first-order chi connectivity index (χ1) is 13.3. The Hall–Kier alpha value is -2.88. The van der Waals surface area contributed by atoms with Gasteiger partial charge in [-0.05, 0) is 49.1 Å². The normalized spacial score (nSPS) is 19.6. The van der Waals surface area contributed by atoms with Crippen LogP contribution in [0.4, 0.5) is 0 Å². The molecule has 0 saturated heterocycles. The zero-order chi connectivity index (χ0) is 18.5. The van der Waals surface area contributed by atoms with Crippen LogP contribution in [0.2, 0.25) is 0 Å². The van der Waals surface area contributed by atoms with Gasteiger partial charge in [0.1, 0.15) is 0 Å². The van der Waals surface area contributed by atoms with E-state index in [1.54, 1.807) is 18.6 Å². The quantitative estimate of drug-likeness (QED) is 0.689. The van der Waals surface area contributed by atoms with Crippen molar-refractivity contribution in [2.45, 2.75) is 31.6 Å². The number of benzene rings is 1. The molecule has 0 atom stereocenters. The van der Waals surface area contributed by atoms with E-state index in [4.69, 9.17) is 0 Å². The van der Waals surface area contributed by atoms with E-state index in [0.29, 0.717) is 17.4 Å². The summed E-state index contributed by atoms with van der Waals surface area (Å²) in [4.78, 5) is 19.9. The fraction of sp³-hybridized carbons (Fsp3) is 0.304. The molecule has 4 heteroatoms. The standard InChI is InChI=1S/C23H25N3O/c27-23(22-16-25-15-21(22)20-7-4-12-24-14-20)26-13-17-8-10-19(11-9-17)18-5-2-1-3-6-18/h1-7,12,14-17,19,25H,8-11,13H2,(H,26,27). The van der Waals surface area contributed by atoms with Crippen molar-refractivity contribution >= 4 is 5.91 Å². The lowest BCUT2D eigenvalue weighted by molar-refractivity contribution is 0.0943. The van der Waals surface area contributed by atoms with E-state index in [2.05, 4.69) is 45.6 Å². The molecule has 1 aromatic carbocycles. The maximum Gasteiger partial charge on any atom is 0.253 e. The Labute approximate surface area is 160 Å². The number of rotatable bonds is 5. The molecule has 1 saturated carbocycles. The summed E-state index contributed by atoms with van der Waals surface area (Å²) in [5.41, 5.74) is 3.98. The molecule has 2 aromatic heterocycles. The van der Waals surface area contributed by atoms with Gasteiger partial charge in [0.25, 0.3) is 5.91 Å². The number of aromatic amines is 1. The highest BCUT2D eigenvalue weighted by molar-refractivity contribution is 6.00. The van der Waals surface area contributed by atoms with Gasteiger partial charge in [-0.2, -0.15) is 0 Å². The molecular formula is C23H25N3O. The van der Waals surface area contributed by atoms with Crippen molar-refractivity contribution in [1.82, 2.24) is 15.3 Å². The van der Waals surface area contributed by atoms with Crippen molar-refractivity contribution in [1.29, 1.82) is 0 Å². The first-order valence-electron chi connectivity index (χ1n) is 9.71. The minimum absolute atomic E-state index is 0.0136. The van der Waals surface area contributed by atoms with Crippen molar-refractivity contribution in [3.63, 3.8) is 0 Å². The van der Waals surface area contributed by atoms with Gasteiger partial charge >= 0.3 is 0 Å². The van der Waals surface area contributed by atoms with Crippen LogP contribution in [-0.4, -0.2) is 22.4 Å². The molecule has 2 heterocycles. The van der Waals surface area contributed by atoms with Crippen LogP contribution in [-0.2, 0) is 0 Å². The topological polar surface area (TPSA) is 57.8 Å². The van der Waals surface area contributed by atoms with E-state index >= 15 is 0 Å². The molecule has 1 amide bonds. The summed E-state index contributed by atoms with van der Waals surface area (Å²) < 4.78 is 0. The van der Waals surface area contributed by atoms with E-state index in [1.165, 1.54) is 31.2 Å². The first-order valence-corrected chi connectivity index (χ1v) is 9.71. The minimum atomic E-state index is -0.0136. The third-order valence-electron chi connectivity index (χ3n) is 5.63. The second-order valence-corrected chi connectivity index (χ2v) is 7.36. The molecule has 0 spiro atoms. The second-order valence-electron chi connectivity index (χ2n) is 7.36. The summed E-state index contributed by atoms with van der Waals surface area (Å²) in [6.45, 7) is 0.748. The molecule has 2 N–H and O–H groups in total. The zero-order valence-corrected chi connectivity index (χ0v) is 15.4. The molecule has 3 aromatic rings. The number of H-pyrrole nitrogens is 1. The maximum absolute atomic E-state index is 12.7. The SMILES string of the molecule is O=C(NCC1CCC(c2ccccc2)CC1)c1c[nH]cc1-c1cccnc1. The van der Waals surface area contributed by atoms with E-state index in [9.17, 15) is 4.79 Å². The molecule has 4 nitrogen and oxygen atoms in total. The fourth-order valence-corrected chi connectivity index (χ4v) is 4.07. The van der Waals surface area contributed by atoms with Crippen molar-refractivity contribution in [3.8, 4) is 11.1 Å². The fourth-order valence-electron chi connectivity index (χ4n) is 4.07. The van der Waals surface area contributed by atoms with E-state index < -0.39 is 0 Å². The van der Waals surface area contributed by atoms with Crippen LogP contribution in [0.3, 0.4) is 0 Å². The van der Waals surface area contributed by atoms with Crippen LogP contribution < -0.4 is 5.32 Å². The highest BCUT2D eigenvalue weighted by Gasteiger charge is 2.23. The van der Waals surface area contributed by atoms with Gasteiger partial charge in [0, 0.05) is 42.5 Å². The third-order valence-corrected chi connectivity index (χ3v) is 5.63. The summed E-state index contributed by atoms with van der Waals surface area (Å²) >= 11 is 0. The van der Waals surface area contributed by atoms with Crippen molar-refractivity contribution in [2.75, 3.05) is 6.54 Å². The van der Waals surface area contributed by atoms with Crippen LogP contribution in [0.1, 0.15) is 47.5 Å². The second kappa shape index (κ2) is 8.21. The molecule has 4 rings (SSSR count). The molecule has 1 aliphatic carbocycles. The maximum atomic E-state index is 12.7. The number of nitrogens with one attached hydrogen (secondary N) is 2. The Bertz CT molecular complexity index is 865. The van der Waals surface area contributed by atoms with Gasteiger partial charge in [-0.25, -0.2) is 0 Å². The third kappa shape index (κ3) is 4.11. The summed E-state index contributed by atoms with van der Waals surface area (Å²) in [5.74, 6) is 1.22. The first kappa shape index (κ1) is 17.5. The number of carbonyl (C=O) groups is 1. The largest absolute Gasteiger partial charge is 0.366 e. The summed E-state index contributed by atoms with van der Waals surface area (Å²) in [7, 11) is 0. The average molecular weight is 359 g/mol. The molecule has 138 valence electrons. The monoisotopic (exact) mass is 359 g/mol. The number of hydrogen-bond acceptors (Lipinski definition) is 2. The lowest BCUT2D eigenvalue weighted by atomic mass is 9.78. The lowest BCUT2D eigenvalue weighted by Crippen LogP contribution is -2.31. The van der Waals surface area contributed by atoms with E-state index in [0.717, 1.165) is 17.7 Å². The van der Waals surface area contributed by atoms with E-state index in [1.807, 2.05) is 18.3 Å². The van der Waals surface area contributed by atoms with Crippen molar-refractivity contribution < 1.29 is 4.79 Å². The van der Waals surface area contributed by atoms with Crippen LogP contribution in [0.15, 0.2) is 67.3 Å². The highest BCUT2D eigenvalue weighted by Crippen LogP contribution is 2.35.